The van der Waals surface area contributed by atoms with Crippen LogP contribution in [0, 0.1) is 6.92 Å². The molecule has 4 aromatic rings. The van der Waals surface area contributed by atoms with Crippen molar-refractivity contribution in [3.63, 3.8) is 0 Å². The van der Waals surface area contributed by atoms with Crippen LogP contribution in [-0.4, -0.2) is 12.5 Å². The molecule has 30 heavy (non-hydrogen) atoms. The van der Waals surface area contributed by atoms with E-state index in [1.165, 1.54) is 6.26 Å². The van der Waals surface area contributed by atoms with Crippen molar-refractivity contribution in [2.75, 3.05) is 6.61 Å². The van der Waals surface area contributed by atoms with Gasteiger partial charge in [0, 0.05) is 10.6 Å². The van der Waals surface area contributed by atoms with Gasteiger partial charge in [-0.3, -0.25) is 9.59 Å². The van der Waals surface area contributed by atoms with Gasteiger partial charge in [-0.25, -0.2) is 0 Å². The normalized spacial score (nSPS) is 10.9. The van der Waals surface area contributed by atoms with E-state index in [0.717, 1.165) is 5.56 Å². The van der Waals surface area contributed by atoms with Gasteiger partial charge in [-0.15, -0.1) is 0 Å². The fourth-order valence-electron chi connectivity index (χ4n) is 3.00. The maximum atomic E-state index is 13.1. The van der Waals surface area contributed by atoms with Gasteiger partial charge < -0.3 is 18.9 Å². The molecule has 0 unspecified atom stereocenters. The quantitative estimate of drug-likeness (QED) is 0.485. The van der Waals surface area contributed by atoms with Gasteiger partial charge in [0.05, 0.1) is 18.2 Å². The van der Waals surface area contributed by atoms with E-state index in [-0.39, 0.29) is 30.1 Å². The number of halogens is 1. The molecule has 152 valence electrons. The second kappa shape index (κ2) is 8.47. The molecule has 1 amide bonds. The summed E-state index contributed by atoms with van der Waals surface area (Å²) in [5.74, 6) is 0.443. The number of aryl methyl sites for hydroxylation is 1. The molecule has 0 saturated carbocycles. The number of benzene rings is 2. The van der Waals surface area contributed by atoms with E-state index in [9.17, 15) is 9.59 Å². The van der Waals surface area contributed by atoms with Crippen LogP contribution in [0.5, 0.6) is 5.75 Å². The first-order valence-corrected chi connectivity index (χ1v) is 9.64. The highest BCUT2D eigenvalue weighted by Crippen LogP contribution is 2.31. The summed E-state index contributed by atoms with van der Waals surface area (Å²) in [7, 11) is 0. The molecule has 7 heteroatoms. The standard InChI is InChI=1S/C23H18ClNO5/c1-14-4-9-19-18(11-14)21(27)23(22(30-19)15-5-7-16(24)8-6-15)29-13-20(26)25-12-17-3-2-10-28-17/h2-11H,12-13H2,1H3,(H,25,26). The summed E-state index contributed by atoms with van der Waals surface area (Å²) < 4.78 is 16.8. The van der Waals surface area contributed by atoms with E-state index < -0.39 is 5.91 Å². The Balaban J connectivity index is 1.66. The van der Waals surface area contributed by atoms with E-state index >= 15 is 0 Å². The Morgan fingerprint density at radius 2 is 1.93 bits per heavy atom. The second-order valence-electron chi connectivity index (χ2n) is 6.74. The van der Waals surface area contributed by atoms with Crippen LogP contribution >= 0.6 is 11.6 Å². The molecule has 2 aromatic heterocycles. The highest BCUT2D eigenvalue weighted by Gasteiger charge is 2.19. The average molecular weight is 424 g/mol. The Kier molecular flexibility index (Phi) is 5.59. The molecule has 0 fully saturated rings. The zero-order valence-electron chi connectivity index (χ0n) is 16.1. The minimum atomic E-state index is -0.391. The van der Waals surface area contributed by atoms with Crippen molar-refractivity contribution in [3.05, 3.63) is 87.4 Å². The summed E-state index contributed by atoms with van der Waals surface area (Å²) in [6.07, 6.45) is 1.53. The SMILES string of the molecule is Cc1ccc2oc(-c3ccc(Cl)cc3)c(OCC(=O)NCc3ccco3)c(=O)c2c1. The largest absolute Gasteiger partial charge is 0.476 e. The first-order chi connectivity index (χ1) is 14.5. The van der Waals surface area contributed by atoms with Crippen LogP contribution in [-0.2, 0) is 11.3 Å². The Labute approximate surface area is 177 Å². The molecule has 0 aliphatic carbocycles. The molecule has 0 radical (unpaired) electrons. The van der Waals surface area contributed by atoms with E-state index in [1.807, 2.05) is 13.0 Å². The third-order valence-corrected chi connectivity index (χ3v) is 4.75. The van der Waals surface area contributed by atoms with Gasteiger partial charge in [0.25, 0.3) is 5.91 Å². The molecule has 0 saturated heterocycles. The first kappa shape index (κ1) is 19.8. The fourth-order valence-corrected chi connectivity index (χ4v) is 3.13. The Hall–Kier alpha value is -3.51. The average Bonchev–Trinajstić information content (AvgIpc) is 3.26. The van der Waals surface area contributed by atoms with Gasteiger partial charge in [-0.05, 0) is 55.5 Å². The molecule has 0 aliphatic heterocycles. The molecule has 0 atom stereocenters. The van der Waals surface area contributed by atoms with Gasteiger partial charge in [-0.1, -0.05) is 23.2 Å². The van der Waals surface area contributed by atoms with E-state index in [2.05, 4.69) is 5.32 Å². The van der Waals surface area contributed by atoms with Gasteiger partial charge in [0.2, 0.25) is 11.2 Å². The number of rotatable bonds is 6. The molecule has 4 rings (SSSR count). The van der Waals surface area contributed by atoms with E-state index in [0.29, 0.717) is 27.3 Å². The lowest BCUT2D eigenvalue weighted by molar-refractivity contribution is -0.123. The number of ether oxygens (including phenoxy) is 1. The van der Waals surface area contributed by atoms with Gasteiger partial charge in [0.1, 0.15) is 11.3 Å². The zero-order valence-corrected chi connectivity index (χ0v) is 16.9. The van der Waals surface area contributed by atoms with Crippen LogP contribution in [0.15, 0.2) is 74.5 Å². The van der Waals surface area contributed by atoms with Gasteiger partial charge in [-0.2, -0.15) is 0 Å². The molecule has 2 aromatic carbocycles. The molecule has 0 spiro atoms. The minimum Gasteiger partial charge on any atom is -0.476 e. The number of carbonyl (C=O) groups excluding carboxylic acids is 1. The van der Waals surface area contributed by atoms with Crippen LogP contribution in [0.4, 0.5) is 0 Å². The zero-order chi connectivity index (χ0) is 21.1. The van der Waals surface area contributed by atoms with Crippen molar-refractivity contribution in [1.82, 2.24) is 5.32 Å². The third-order valence-electron chi connectivity index (χ3n) is 4.50. The maximum absolute atomic E-state index is 13.1. The topological polar surface area (TPSA) is 81.7 Å². The lowest BCUT2D eigenvalue weighted by Crippen LogP contribution is -2.29. The van der Waals surface area contributed by atoms with Crippen molar-refractivity contribution < 1.29 is 18.4 Å². The van der Waals surface area contributed by atoms with Gasteiger partial charge in [0.15, 0.2) is 12.4 Å². The molecular formula is C23H18ClNO5. The number of hydrogen-bond acceptors (Lipinski definition) is 5. The molecule has 2 heterocycles. The van der Waals surface area contributed by atoms with Crippen molar-refractivity contribution in [2.24, 2.45) is 0 Å². The fraction of sp³-hybridized carbons (Fsp3) is 0.130. The lowest BCUT2D eigenvalue weighted by Gasteiger charge is -2.12. The Bertz CT molecular complexity index is 1240. The predicted molar refractivity (Wildman–Crippen MR) is 114 cm³/mol. The van der Waals surface area contributed by atoms with E-state index in [4.69, 9.17) is 25.2 Å². The van der Waals surface area contributed by atoms with Crippen LogP contribution in [0.25, 0.3) is 22.3 Å². The minimum absolute atomic E-state index is 0.0245. The summed E-state index contributed by atoms with van der Waals surface area (Å²) in [6.45, 7) is 1.77. The predicted octanol–water partition coefficient (Wildman–Crippen LogP) is 4.71. The van der Waals surface area contributed by atoms with Crippen LogP contribution in [0.2, 0.25) is 5.02 Å². The number of fused-ring (bicyclic) bond motifs is 1. The summed E-state index contributed by atoms with van der Waals surface area (Å²) in [5, 5.41) is 3.62. The first-order valence-electron chi connectivity index (χ1n) is 9.26. The molecule has 0 aliphatic rings. The smallest absolute Gasteiger partial charge is 0.258 e. The third kappa shape index (κ3) is 4.23. The lowest BCUT2D eigenvalue weighted by atomic mass is 10.1. The number of amides is 1. The van der Waals surface area contributed by atoms with Gasteiger partial charge >= 0.3 is 0 Å². The van der Waals surface area contributed by atoms with Crippen molar-refractivity contribution in [1.29, 1.82) is 0 Å². The number of furan rings is 1. The second-order valence-corrected chi connectivity index (χ2v) is 7.18. The molecule has 6 nitrogen and oxygen atoms in total. The summed E-state index contributed by atoms with van der Waals surface area (Å²) in [5.41, 5.74) is 1.62. The van der Waals surface area contributed by atoms with Crippen molar-refractivity contribution in [3.8, 4) is 17.1 Å². The number of carbonyl (C=O) groups is 1. The summed E-state index contributed by atoms with van der Waals surface area (Å²) in [4.78, 5) is 25.3. The highest BCUT2D eigenvalue weighted by molar-refractivity contribution is 6.30. The molecule has 0 bridgehead atoms. The van der Waals surface area contributed by atoms with Crippen LogP contribution < -0.4 is 15.5 Å². The Morgan fingerprint density at radius 1 is 1.13 bits per heavy atom. The number of nitrogens with one attached hydrogen (secondary N) is 1. The van der Waals surface area contributed by atoms with E-state index in [1.54, 1.807) is 48.5 Å². The molecular weight excluding hydrogens is 406 g/mol. The number of hydrogen-bond donors (Lipinski definition) is 1. The van der Waals surface area contributed by atoms with Crippen LogP contribution in [0.3, 0.4) is 0 Å². The monoisotopic (exact) mass is 423 g/mol. The Morgan fingerprint density at radius 3 is 2.67 bits per heavy atom. The van der Waals surface area contributed by atoms with Crippen LogP contribution in [0.1, 0.15) is 11.3 Å². The van der Waals surface area contributed by atoms with Crippen molar-refractivity contribution in [2.45, 2.75) is 13.5 Å². The van der Waals surface area contributed by atoms with Crippen molar-refractivity contribution >= 4 is 28.5 Å². The summed E-state index contributed by atoms with van der Waals surface area (Å²) >= 11 is 5.98. The maximum Gasteiger partial charge on any atom is 0.258 e. The highest BCUT2D eigenvalue weighted by atomic mass is 35.5. The summed E-state index contributed by atoms with van der Waals surface area (Å²) in [6, 6.07) is 15.7. The molecule has 1 N–H and O–H groups in total.